The molecule has 0 bridgehead atoms. The molecule has 0 radical (unpaired) electrons. The molecule has 1 aromatic rings. The average molecular weight is 282 g/mol. The zero-order chi connectivity index (χ0) is 14.5. The lowest BCUT2D eigenvalue weighted by atomic mass is 10.2. The van der Waals surface area contributed by atoms with Crippen LogP contribution in [0.4, 0.5) is 0 Å². The normalized spacial score (nSPS) is 11.1. The third-order valence-electron chi connectivity index (χ3n) is 2.38. The Hall–Kier alpha value is -1.91. The van der Waals surface area contributed by atoms with E-state index >= 15 is 0 Å². The number of hydrogen-bond donors (Lipinski definition) is 0. The SMILES string of the molecule is Cc1ccc(S(=O)(=O)N(C)CC(=O)OCC#N)cc1. The fourth-order valence-corrected chi connectivity index (χ4v) is 2.43. The molecule has 0 aromatic heterocycles. The highest BCUT2D eigenvalue weighted by Gasteiger charge is 2.23. The highest BCUT2D eigenvalue weighted by Crippen LogP contribution is 2.14. The minimum Gasteiger partial charge on any atom is -0.449 e. The lowest BCUT2D eigenvalue weighted by Gasteiger charge is -2.16. The maximum Gasteiger partial charge on any atom is 0.322 e. The van der Waals surface area contributed by atoms with Gasteiger partial charge in [-0.15, -0.1) is 0 Å². The first kappa shape index (κ1) is 15.1. The lowest BCUT2D eigenvalue weighted by Crippen LogP contribution is -2.33. The summed E-state index contributed by atoms with van der Waals surface area (Å²) in [7, 11) is -2.45. The Bertz CT molecular complexity index is 587. The number of sulfonamides is 1. The molecule has 1 rings (SSSR count). The monoisotopic (exact) mass is 282 g/mol. The topological polar surface area (TPSA) is 87.5 Å². The predicted molar refractivity (Wildman–Crippen MR) is 67.6 cm³/mol. The molecule has 0 unspecified atom stereocenters. The molecule has 0 amide bonds. The number of carbonyl (C=O) groups excluding carboxylic acids is 1. The first-order chi connectivity index (χ1) is 8.87. The van der Waals surface area contributed by atoms with E-state index in [2.05, 4.69) is 4.74 Å². The van der Waals surface area contributed by atoms with Crippen LogP contribution in [0.3, 0.4) is 0 Å². The van der Waals surface area contributed by atoms with Crippen molar-refractivity contribution in [3.8, 4) is 6.07 Å². The van der Waals surface area contributed by atoms with Gasteiger partial charge in [0.2, 0.25) is 10.0 Å². The molecule has 1 aromatic carbocycles. The number of esters is 1. The van der Waals surface area contributed by atoms with E-state index in [-0.39, 0.29) is 4.90 Å². The van der Waals surface area contributed by atoms with Crippen molar-refractivity contribution in [3.05, 3.63) is 29.8 Å². The Morgan fingerprint density at radius 2 is 1.95 bits per heavy atom. The van der Waals surface area contributed by atoms with Gasteiger partial charge in [-0.1, -0.05) is 17.7 Å². The van der Waals surface area contributed by atoms with E-state index in [1.54, 1.807) is 18.2 Å². The van der Waals surface area contributed by atoms with E-state index in [1.807, 2.05) is 6.92 Å². The van der Waals surface area contributed by atoms with Crippen LogP contribution < -0.4 is 0 Å². The largest absolute Gasteiger partial charge is 0.449 e. The molecule has 0 spiro atoms. The molecule has 0 aliphatic carbocycles. The minimum atomic E-state index is -3.73. The molecule has 0 saturated heterocycles. The Morgan fingerprint density at radius 1 is 1.37 bits per heavy atom. The molecule has 19 heavy (non-hydrogen) atoms. The number of nitriles is 1. The predicted octanol–water partition coefficient (Wildman–Crippen LogP) is 0.682. The fraction of sp³-hybridized carbons (Fsp3) is 0.333. The highest BCUT2D eigenvalue weighted by atomic mass is 32.2. The number of carbonyl (C=O) groups is 1. The van der Waals surface area contributed by atoms with Crippen LogP contribution in [0.25, 0.3) is 0 Å². The van der Waals surface area contributed by atoms with E-state index in [4.69, 9.17) is 5.26 Å². The van der Waals surface area contributed by atoms with Crippen molar-refractivity contribution in [1.29, 1.82) is 5.26 Å². The van der Waals surface area contributed by atoms with Crippen LogP contribution in [-0.2, 0) is 19.6 Å². The Labute approximate surface area is 112 Å². The van der Waals surface area contributed by atoms with Crippen molar-refractivity contribution in [2.45, 2.75) is 11.8 Å². The second kappa shape index (κ2) is 6.31. The third kappa shape index (κ3) is 4.05. The summed E-state index contributed by atoms with van der Waals surface area (Å²) in [6.07, 6.45) is 0. The van der Waals surface area contributed by atoms with Crippen LogP contribution in [-0.4, -0.2) is 38.9 Å². The van der Waals surface area contributed by atoms with Gasteiger partial charge in [0.25, 0.3) is 0 Å². The standard InChI is InChI=1S/C12H14N2O4S/c1-10-3-5-11(6-4-10)19(16,17)14(2)9-12(15)18-8-7-13/h3-6H,8-9H2,1-2H3. The summed E-state index contributed by atoms with van der Waals surface area (Å²) >= 11 is 0. The third-order valence-corrected chi connectivity index (χ3v) is 4.20. The number of hydrogen-bond acceptors (Lipinski definition) is 5. The minimum absolute atomic E-state index is 0.105. The van der Waals surface area contributed by atoms with E-state index in [9.17, 15) is 13.2 Å². The molecule has 0 N–H and O–H groups in total. The summed E-state index contributed by atoms with van der Waals surface area (Å²) in [4.78, 5) is 11.4. The number of likely N-dealkylation sites (N-methyl/N-ethyl adjacent to an activating group) is 1. The van der Waals surface area contributed by atoms with Crippen molar-refractivity contribution in [1.82, 2.24) is 4.31 Å². The van der Waals surface area contributed by atoms with Gasteiger partial charge in [0.05, 0.1) is 4.90 Å². The quantitative estimate of drug-likeness (QED) is 0.741. The molecule has 0 fully saturated rings. The van der Waals surface area contributed by atoms with E-state index < -0.39 is 29.1 Å². The zero-order valence-corrected chi connectivity index (χ0v) is 11.5. The van der Waals surface area contributed by atoms with Gasteiger partial charge in [0.15, 0.2) is 6.61 Å². The summed E-state index contributed by atoms with van der Waals surface area (Å²) in [5.74, 6) is -0.764. The smallest absolute Gasteiger partial charge is 0.322 e. The van der Waals surface area contributed by atoms with E-state index in [0.29, 0.717) is 0 Å². The van der Waals surface area contributed by atoms with Crippen molar-refractivity contribution < 1.29 is 17.9 Å². The maximum absolute atomic E-state index is 12.1. The van der Waals surface area contributed by atoms with Gasteiger partial charge in [0, 0.05) is 7.05 Å². The number of rotatable bonds is 5. The van der Waals surface area contributed by atoms with Crippen molar-refractivity contribution in [3.63, 3.8) is 0 Å². The summed E-state index contributed by atoms with van der Waals surface area (Å²) < 4.78 is 29.6. The van der Waals surface area contributed by atoms with Crippen LogP contribution in [0.1, 0.15) is 5.56 Å². The molecule has 0 atom stereocenters. The molecule has 0 aliphatic rings. The lowest BCUT2D eigenvalue weighted by molar-refractivity contribution is -0.142. The van der Waals surface area contributed by atoms with Crippen LogP contribution in [0, 0.1) is 18.3 Å². The maximum atomic E-state index is 12.1. The van der Waals surface area contributed by atoms with Gasteiger partial charge in [-0.05, 0) is 19.1 Å². The molecule has 7 heteroatoms. The molecule has 6 nitrogen and oxygen atoms in total. The molecule has 102 valence electrons. The Morgan fingerprint density at radius 3 is 2.47 bits per heavy atom. The second-order valence-electron chi connectivity index (χ2n) is 3.89. The van der Waals surface area contributed by atoms with Crippen LogP contribution in [0.15, 0.2) is 29.2 Å². The summed E-state index contributed by atoms with van der Waals surface area (Å²) in [6.45, 7) is 1.02. The number of nitrogens with zero attached hydrogens (tertiary/aromatic N) is 2. The first-order valence-corrected chi connectivity index (χ1v) is 6.87. The van der Waals surface area contributed by atoms with Crippen LogP contribution in [0.5, 0.6) is 0 Å². The number of aryl methyl sites for hydroxylation is 1. The van der Waals surface area contributed by atoms with Gasteiger partial charge in [-0.25, -0.2) is 8.42 Å². The number of benzene rings is 1. The Balaban J connectivity index is 2.80. The summed E-state index contributed by atoms with van der Waals surface area (Å²) in [6, 6.07) is 7.94. The van der Waals surface area contributed by atoms with Gasteiger partial charge < -0.3 is 4.74 Å². The number of ether oxygens (including phenoxy) is 1. The van der Waals surface area contributed by atoms with Gasteiger partial charge in [-0.3, -0.25) is 4.79 Å². The van der Waals surface area contributed by atoms with Gasteiger partial charge in [0.1, 0.15) is 12.6 Å². The fourth-order valence-electron chi connectivity index (χ4n) is 1.32. The molecule has 0 aliphatic heterocycles. The van der Waals surface area contributed by atoms with E-state index in [0.717, 1.165) is 9.87 Å². The van der Waals surface area contributed by atoms with Crippen molar-refractivity contribution in [2.75, 3.05) is 20.2 Å². The van der Waals surface area contributed by atoms with Gasteiger partial charge >= 0.3 is 5.97 Å². The second-order valence-corrected chi connectivity index (χ2v) is 5.94. The average Bonchev–Trinajstić information content (AvgIpc) is 2.36. The first-order valence-electron chi connectivity index (χ1n) is 5.43. The van der Waals surface area contributed by atoms with Crippen LogP contribution >= 0.6 is 0 Å². The summed E-state index contributed by atoms with van der Waals surface area (Å²) in [5, 5.41) is 8.25. The summed E-state index contributed by atoms with van der Waals surface area (Å²) in [5.41, 5.74) is 0.940. The molecule has 0 heterocycles. The van der Waals surface area contributed by atoms with Crippen LogP contribution in [0.2, 0.25) is 0 Å². The van der Waals surface area contributed by atoms with Crippen molar-refractivity contribution in [2.24, 2.45) is 0 Å². The molecular weight excluding hydrogens is 268 g/mol. The van der Waals surface area contributed by atoms with Gasteiger partial charge in [-0.2, -0.15) is 9.57 Å². The van der Waals surface area contributed by atoms with E-state index in [1.165, 1.54) is 19.2 Å². The Kier molecular flexibility index (Phi) is 5.03. The van der Waals surface area contributed by atoms with Crippen molar-refractivity contribution >= 4 is 16.0 Å². The zero-order valence-electron chi connectivity index (χ0n) is 10.7. The highest BCUT2D eigenvalue weighted by molar-refractivity contribution is 7.89. The molecule has 0 saturated carbocycles. The molecular formula is C12H14N2O4S.